The van der Waals surface area contributed by atoms with Crippen molar-refractivity contribution in [1.29, 1.82) is 0 Å². The second-order valence-electron chi connectivity index (χ2n) is 2.62. The molecule has 0 atom stereocenters. The summed E-state index contributed by atoms with van der Waals surface area (Å²) in [5.41, 5.74) is 4.42. The molecule has 0 bridgehead atoms. The van der Waals surface area contributed by atoms with E-state index in [-0.39, 0.29) is 0 Å². The van der Waals surface area contributed by atoms with Crippen LogP contribution in [0.3, 0.4) is 0 Å². The Morgan fingerprint density at radius 2 is 2.47 bits per heavy atom. The number of rotatable bonds is 3. The summed E-state index contributed by atoms with van der Waals surface area (Å²) in [6, 6.07) is 3.71. The number of aromatic nitrogens is 2. The lowest BCUT2D eigenvalue weighted by molar-refractivity contribution is 0.982. The molecule has 0 fully saturated rings. The molecule has 0 aliphatic heterocycles. The first-order chi connectivity index (χ1) is 7.27. The summed E-state index contributed by atoms with van der Waals surface area (Å²) in [5, 5.41) is 12.0. The Hall–Kier alpha value is -1.01. The summed E-state index contributed by atoms with van der Waals surface area (Å²) in [5.74, 6) is 0. The Balaban J connectivity index is 2.76. The Kier molecular flexibility index (Phi) is 5.20. The molecule has 1 rings (SSSR count). The van der Waals surface area contributed by atoms with Crippen molar-refractivity contribution in [2.45, 2.75) is 13.3 Å². The van der Waals surface area contributed by atoms with Crippen LogP contribution < -0.4 is 5.43 Å². The van der Waals surface area contributed by atoms with Crippen molar-refractivity contribution in [2.24, 2.45) is 5.10 Å². The molecule has 80 valence electrons. The van der Waals surface area contributed by atoms with Gasteiger partial charge in [0.25, 0.3) is 0 Å². The van der Waals surface area contributed by atoms with Crippen LogP contribution in [0.5, 0.6) is 0 Å². The van der Waals surface area contributed by atoms with E-state index in [0.717, 1.165) is 17.8 Å². The molecular formula is C9H12N4S2. The summed E-state index contributed by atoms with van der Waals surface area (Å²) >= 11 is 6.43. The Labute approximate surface area is 98.6 Å². The quantitative estimate of drug-likeness (QED) is 0.496. The highest BCUT2D eigenvalue weighted by Gasteiger charge is 2.02. The van der Waals surface area contributed by atoms with E-state index < -0.39 is 0 Å². The van der Waals surface area contributed by atoms with Crippen LogP contribution in [0.15, 0.2) is 23.4 Å². The van der Waals surface area contributed by atoms with Gasteiger partial charge < -0.3 is 0 Å². The smallest absolute Gasteiger partial charge is 0.153 e. The van der Waals surface area contributed by atoms with E-state index in [9.17, 15) is 0 Å². The maximum atomic E-state index is 4.98. The summed E-state index contributed by atoms with van der Waals surface area (Å²) in [6.07, 6.45) is 4.32. The second kappa shape index (κ2) is 6.47. The van der Waals surface area contributed by atoms with Crippen molar-refractivity contribution in [3.05, 3.63) is 24.0 Å². The lowest BCUT2D eigenvalue weighted by Gasteiger charge is -2.03. The lowest BCUT2D eigenvalue weighted by Crippen LogP contribution is -2.15. The Morgan fingerprint density at radius 1 is 1.67 bits per heavy atom. The van der Waals surface area contributed by atoms with Crippen LogP contribution in [0.2, 0.25) is 0 Å². The minimum atomic E-state index is 0.643. The monoisotopic (exact) mass is 240 g/mol. The highest BCUT2D eigenvalue weighted by Crippen LogP contribution is 2.00. The van der Waals surface area contributed by atoms with E-state index >= 15 is 0 Å². The number of hydrazone groups is 1. The molecule has 6 heteroatoms. The number of thiocarbonyl (C=S) groups is 1. The Bertz CT molecular complexity index is 350. The van der Waals surface area contributed by atoms with Crippen molar-refractivity contribution >= 4 is 34.0 Å². The van der Waals surface area contributed by atoms with E-state index in [1.165, 1.54) is 11.8 Å². The van der Waals surface area contributed by atoms with E-state index in [1.54, 1.807) is 6.20 Å². The summed E-state index contributed by atoms with van der Waals surface area (Å²) < 4.78 is 0.643. The summed E-state index contributed by atoms with van der Waals surface area (Å²) in [7, 11) is 0. The zero-order valence-corrected chi connectivity index (χ0v) is 10.2. The summed E-state index contributed by atoms with van der Waals surface area (Å²) in [6.45, 7) is 2.01. The molecule has 0 amide bonds. The molecule has 4 nitrogen and oxygen atoms in total. The first-order valence-electron chi connectivity index (χ1n) is 4.46. The van der Waals surface area contributed by atoms with Gasteiger partial charge in [-0.2, -0.15) is 10.2 Å². The van der Waals surface area contributed by atoms with Crippen molar-refractivity contribution < 1.29 is 0 Å². The van der Waals surface area contributed by atoms with E-state index in [1.807, 2.05) is 25.3 Å². The van der Waals surface area contributed by atoms with E-state index in [4.69, 9.17) is 12.2 Å². The topological polar surface area (TPSA) is 50.2 Å². The third-order valence-electron chi connectivity index (χ3n) is 1.67. The molecule has 0 aliphatic rings. The molecule has 0 aromatic carbocycles. The molecule has 1 aromatic rings. The average molecular weight is 240 g/mol. The van der Waals surface area contributed by atoms with E-state index in [2.05, 4.69) is 20.7 Å². The minimum absolute atomic E-state index is 0.643. The van der Waals surface area contributed by atoms with Crippen LogP contribution in [0.25, 0.3) is 0 Å². The van der Waals surface area contributed by atoms with Gasteiger partial charge in [-0.05, 0) is 24.8 Å². The van der Waals surface area contributed by atoms with Crippen LogP contribution in [0, 0.1) is 0 Å². The maximum absolute atomic E-state index is 4.98. The van der Waals surface area contributed by atoms with Crippen molar-refractivity contribution in [3.63, 3.8) is 0 Å². The van der Waals surface area contributed by atoms with Crippen molar-refractivity contribution in [3.8, 4) is 0 Å². The SMILES string of the molecule is CC/C(=N/NC(=S)SC)c1cccnn1. The molecule has 0 saturated carbocycles. The molecule has 15 heavy (non-hydrogen) atoms. The van der Waals surface area contributed by atoms with Gasteiger partial charge in [-0.3, -0.25) is 5.43 Å². The highest BCUT2D eigenvalue weighted by atomic mass is 32.2. The number of nitrogens with zero attached hydrogens (tertiary/aromatic N) is 3. The average Bonchev–Trinajstić information content (AvgIpc) is 2.31. The van der Waals surface area contributed by atoms with Gasteiger partial charge in [0.15, 0.2) is 4.32 Å². The van der Waals surface area contributed by atoms with Crippen LogP contribution in [0.4, 0.5) is 0 Å². The van der Waals surface area contributed by atoms with Crippen LogP contribution in [-0.4, -0.2) is 26.5 Å². The molecule has 0 radical (unpaired) electrons. The number of thioether (sulfide) groups is 1. The lowest BCUT2D eigenvalue weighted by atomic mass is 10.2. The van der Waals surface area contributed by atoms with Gasteiger partial charge in [-0.1, -0.05) is 30.9 Å². The molecule has 0 saturated heterocycles. The predicted molar refractivity (Wildman–Crippen MR) is 68.1 cm³/mol. The first kappa shape index (κ1) is 12.1. The van der Waals surface area contributed by atoms with Crippen molar-refractivity contribution in [1.82, 2.24) is 15.6 Å². The fraction of sp³-hybridized carbons (Fsp3) is 0.333. The zero-order valence-electron chi connectivity index (χ0n) is 8.60. The third-order valence-corrected chi connectivity index (χ3v) is 2.72. The second-order valence-corrected chi connectivity index (χ2v) is 4.11. The molecule has 1 aromatic heterocycles. The number of hydrogen-bond donors (Lipinski definition) is 1. The zero-order chi connectivity index (χ0) is 11.1. The molecule has 1 heterocycles. The predicted octanol–water partition coefficient (Wildman–Crippen LogP) is 1.83. The largest absolute Gasteiger partial charge is 0.262 e. The van der Waals surface area contributed by atoms with Gasteiger partial charge in [0.1, 0.15) is 5.69 Å². The Morgan fingerprint density at radius 3 is 3.00 bits per heavy atom. The van der Waals surface area contributed by atoms with Gasteiger partial charge in [-0.15, -0.1) is 5.10 Å². The molecule has 0 spiro atoms. The van der Waals surface area contributed by atoms with E-state index in [0.29, 0.717) is 4.32 Å². The molecule has 1 N–H and O–H groups in total. The molecule has 0 aliphatic carbocycles. The number of nitrogens with one attached hydrogen (secondary N) is 1. The van der Waals surface area contributed by atoms with Gasteiger partial charge in [0.05, 0.1) is 5.71 Å². The van der Waals surface area contributed by atoms with Crippen LogP contribution in [-0.2, 0) is 0 Å². The fourth-order valence-electron chi connectivity index (χ4n) is 0.932. The van der Waals surface area contributed by atoms with Gasteiger partial charge in [-0.25, -0.2) is 0 Å². The minimum Gasteiger partial charge on any atom is -0.262 e. The van der Waals surface area contributed by atoms with Gasteiger partial charge >= 0.3 is 0 Å². The highest BCUT2D eigenvalue weighted by molar-refractivity contribution is 8.22. The van der Waals surface area contributed by atoms with Crippen LogP contribution >= 0.6 is 24.0 Å². The molecular weight excluding hydrogens is 228 g/mol. The maximum Gasteiger partial charge on any atom is 0.153 e. The first-order valence-corrected chi connectivity index (χ1v) is 6.09. The van der Waals surface area contributed by atoms with Gasteiger partial charge in [0, 0.05) is 6.20 Å². The van der Waals surface area contributed by atoms with Crippen LogP contribution in [0.1, 0.15) is 19.0 Å². The normalized spacial score (nSPS) is 11.2. The standard InChI is InChI=1S/C9H12N4S2/c1-3-7(12-13-9(14)15-2)8-5-4-6-10-11-8/h4-6H,3H2,1-2H3,(H,13,14)/b12-7-. The number of hydrogen-bond acceptors (Lipinski definition) is 5. The molecule has 0 unspecified atom stereocenters. The fourth-order valence-corrected chi connectivity index (χ4v) is 1.11. The van der Waals surface area contributed by atoms with Gasteiger partial charge in [0.2, 0.25) is 0 Å². The summed E-state index contributed by atoms with van der Waals surface area (Å²) in [4.78, 5) is 0. The third kappa shape index (κ3) is 3.93. The van der Waals surface area contributed by atoms with Crippen molar-refractivity contribution in [2.75, 3.05) is 6.26 Å².